The molecule has 1 saturated heterocycles. The first-order valence-electron chi connectivity index (χ1n) is 8.16. The maximum atomic E-state index is 12.5. The second kappa shape index (κ2) is 7.38. The fourth-order valence-electron chi connectivity index (χ4n) is 3.09. The van der Waals surface area contributed by atoms with Crippen molar-refractivity contribution in [3.8, 4) is 0 Å². The molecule has 4 nitrogen and oxygen atoms in total. The Bertz CT molecular complexity index is 630. The predicted octanol–water partition coefficient (Wildman–Crippen LogP) is 2.53. The van der Waals surface area contributed by atoms with Gasteiger partial charge in [0.2, 0.25) is 5.91 Å². The molecule has 1 aliphatic rings. The number of aromatic nitrogens is 1. The average Bonchev–Trinajstić information content (AvgIpc) is 2.62. The van der Waals surface area contributed by atoms with E-state index in [1.807, 2.05) is 29.3 Å². The van der Waals surface area contributed by atoms with Crippen molar-refractivity contribution in [3.05, 3.63) is 66.0 Å². The van der Waals surface area contributed by atoms with Crippen molar-refractivity contribution in [2.75, 3.05) is 26.7 Å². The highest BCUT2D eigenvalue weighted by Crippen LogP contribution is 2.24. The minimum Gasteiger partial charge on any atom is -0.339 e. The summed E-state index contributed by atoms with van der Waals surface area (Å²) in [4.78, 5) is 21.0. The van der Waals surface area contributed by atoms with Gasteiger partial charge in [0.25, 0.3) is 0 Å². The minimum absolute atomic E-state index is 0.239. The number of aryl methyl sites for hydroxylation is 1. The van der Waals surface area contributed by atoms with Crippen LogP contribution < -0.4 is 0 Å². The number of piperazine rings is 1. The molecule has 1 aliphatic heterocycles. The third-order valence-electron chi connectivity index (χ3n) is 4.54. The van der Waals surface area contributed by atoms with Gasteiger partial charge >= 0.3 is 0 Å². The summed E-state index contributed by atoms with van der Waals surface area (Å²) >= 11 is 0. The molecule has 0 unspecified atom stereocenters. The summed E-state index contributed by atoms with van der Waals surface area (Å²) in [6, 6.07) is 14.7. The van der Waals surface area contributed by atoms with Crippen LogP contribution >= 0.6 is 0 Å². The average molecular weight is 309 g/mol. The molecule has 0 spiro atoms. The Morgan fingerprint density at radius 1 is 1.17 bits per heavy atom. The van der Waals surface area contributed by atoms with Gasteiger partial charge in [-0.05, 0) is 30.7 Å². The van der Waals surface area contributed by atoms with Gasteiger partial charge in [0.05, 0.1) is 6.04 Å². The maximum Gasteiger partial charge on any atom is 0.223 e. The molecular weight excluding hydrogens is 286 g/mol. The van der Waals surface area contributed by atoms with Crippen LogP contribution in [0, 0.1) is 0 Å². The van der Waals surface area contributed by atoms with E-state index >= 15 is 0 Å². The third kappa shape index (κ3) is 3.96. The van der Waals surface area contributed by atoms with Gasteiger partial charge in [-0.1, -0.05) is 36.4 Å². The number of rotatable bonds is 4. The molecule has 0 saturated carbocycles. The quantitative estimate of drug-likeness (QED) is 0.871. The lowest BCUT2D eigenvalue weighted by atomic mass is 10.0. The normalized spacial score (nSPS) is 18.8. The number of amides is 1. The third-order valence-corrected chi connectivity index (χ3v) is 4.54. The highest BCUT2D eigenvalue weighted by atomic mass is 16.2. The van der Waals surface area contributed by atoms with Gasteiger partial charge in [-0.3, -0.25) is 14.7 Å². The smallest absolute Gasteiger partial charge is 0.223 e. The molecule has 1 fully saturated rings. The van der Waals surface area contributed by atoms with Gasteiger partial charge in [-0.2, -0.15) is 0 Å². The summed E-state index contributed by atoms with van der Waals surface area (Å²) in [7, 11) is 2.13. The molecule has 2 aromatic rings. The molecule has 23 heavy (non-hydrogen) atoms. The number of benzene rings is 1. The summed E-state index contributed by atoms with van der Waals surface area (Å²) in [5, 5.41) is 0. The zero-order valence-electron chi connectivity index (χ0n) is 13.6. The lowest BCUT2D eigenvalue weighted by Gasteiger charge is -2.39. The van der Waals surface area contributed by atoms with Crippen molar-refractivity contribution in [2.45, 2.75) is 18.9 Å². The summed E-state index contributed by atoms with van der Waals surface area (Å²) in [5.74, 6) is 0.239. The van der Waals surface area contributed by atoms with Crippen molar-refractivity contribution in [1.29, 1.82) is 0 Å². The first-order valence-corrected chi connectivity index (χ1v) is 8.16. The molecule has 0 radical (unpaired) electrons. The van der Waals surface area contributed by atoms with Gasteiger partial charge in [0.15, 0.2) is 0 Å². The molecule has 1 atom stereocenters. The van der Waals surface area contributed by atoms with Crippen LogP contribution in [0.2, 0.25) is 0 Å². The van der Waals surface area contributed by atoms with E-state index < -0.39 is 0 Å². The van der Waals surface area contributed by atoms with Crippen LogP contribution in [0.4, 0.5) is 0 Å². The Morgan fingerprint density at radius 2 is 2.00 bits per heavy atom. The van der Waals surface area contributed by atoms with Crippen LogP contribution in [-0.4, -0.2) is 47.4 Å². The van der Waals surface area contributed by atoms with Crippen LogP contribution in [0.25, 0.3) is 0 Å². The van der Waals surface area contributed by atoms with Gasteiger partial charge in [0, 0.05) is 38.4 Å². The second-order valence-electron chi connectivity index (χ2n) is 6.11. The zero-order valence-corrected chi connectivity index (χ0v) is 13.6. The fraction of sp³-hybridized carbons (Fsp3) is 0.368. The molecule has 1 aromatic carbocycles. The van der Waals surface area contributed by atoms with Crippen LogP contribution in [0.1, 0.15) is 23.6 Å². The zero-order chi connectivity index (χ0) is 16.1. The largest absolute Gasteiger partial charge is 0.339 e. The molecule has 0 bridgehead atoms. The predicted molar refractivity (Wildman–Crippen MR) is 91.0 cm³/mol. The van der Waals surface area contributed by atoms with Gasteiger partial charge < -0.3 is 4.90 Å². The topological polar surface area (TPSA) is 36.4 Å². The van der Waals surface area contributed by atoms with E-state index in [2.05, 4.69) is 41.2 Å². The maximum absolute atomic E-state index is 12.5. The molecule has 1 amide bonds. The lowest BCUT2D eigenvalue weighted by molar-refractivity contribution is -0.134. The second-order valence-corrected chi connectivity index (χ2v) is 6.11. The number of carbonyl (C=O) groups excluding carboxylic acids is 1. The van der Waals surface area contributed by atoms with Crippen molar-refractivity contribution < 1.29 is 4.79 Å². The number of hydrogen-bond acceptors (Lipinski definition) is 3. The van der Waals surface area contributed by atoms with E-state index in [1.165, 1.54) is 5.56 Å². The Balaban J connectivity index is 1.60. The Labute approximate surface area is 137 Å². The molecule has 0 aliphatic carbocycles. The summed E-state index contributed by atoms with van der Waals surface area (Å²) in [6.07, 6.45) is 4.91. The molecular formula is C19H23N3O. The van der Waals surface area contributed by atoms with E-state index in [-0.39, 0.29) is 11.9 Å². The molecule has 4 heteroatoms. The van der Waals surface area contributed by atoms with E-state index in [1.54, 1.807) is 6.20 Å². The highest BCUT2D eigenvalue weighted by molar-refractivity contribution is 5.76. The Morgan fingerprint density at radius 3 is 2.74 bits per heavy atom. The van der Waals surface area contributed by atoms with E-state index in [9.17, 15) is 4.79 Å². The minimum atomic E-state index is 0.239. The number of carbonyl (C=O) groups is 1. The SMILES string of the molecule is CN1CCN(C(=O)CCc2cccnc2)C[C@H]1c1ccccc1. The van der Waals surface area contributed by atoms with Gasteiger partial charge in [-0.15, -0.1) is 0 Å². The van der Waals surface area contributed by atoms with Gasteiger partial charge in [0.1, 0.15) is 0 Å². The molecule has 0 N–H and O–H groups in total. The number of hydrogen-bond donors (Lipinski definition) is 0. The lowest BCUT2D eigenvalue weighted by Crippen LogP contribution is -2.49. The van der Waals surface area contributed by atoms with E-state index in [4.69, 9.17) is 0 Å². The summed E-state index contributed by atoms with van der Waals surface area (Å²) in [6.45, 7) is 2.50. The van der Waals surface area contributed by atoms with Crippen molar-refractivity contribution in [2.24, 2.45) is 0 Å². The summed E-state index contributed by atoms with van der Waals surface area (Å²) < 4.78 is 0. The van der Waals surface area contributed by atoms with Gasteiger partial charge in [-0.25, -0.2) is 0 Å². The van der Waals surface area contributed by atoms with E-state index in [0.717, 1.165) is 31.6 Å². The first-order chi connectivity index (χ1) is 11.2. The van der Waals surface area contributed by atoms with Crippen LogP contribution in [-0.2, 0) is 11.2 Å². The summed E-state index contributed by atoms with van der Waals surface area (Å²) in [5.41, 5.74) is 2.40. The molecule has 3 rings (SSSR count). The van der Waals surface area contributed by atoms with Crippen LogP contribution in [0.5, 0.6) is 0 Å². The van der Waals surface area contributed by atoms with Crippen LogP contribution in [0.3, 0.4) is 0 Å². The van der Waals surface area contributed by atoms with Crippen molar-refractivity contribution >= 4 is 5.91 Å². The van der Waals surface area contributed by atoms with Crippen LogP contribution in [0.15, 0.2) is 54.9 Å². The Hall–Kier alpha value is -2.20. The molecule has 1 aromatic heterocycles. The number of pyridine rings is 1. The Kier molecular flexibility index (Phi) is 5.03. The molecule has 2 heterocycles. The number of nitrogens with zero attached hydrogens (tertiary/aromatic N) is 3. The van der Waals surface area contributed by atoms with Crippen molar-refractivity contribution in [1.82, 2.24) is 14.8 Å². The fourth-order valence-corrected chi connectivity index (χ4v) is 3.09. The first kappa shape index (κ1) is 15.7. The highest BCUT2D eigenvalue weighted by Gasteiger charge is 2.27. The monoisotopic (exact) mass is 309 g/mol. The molecule has 120 valence electrons. The number of likely N-dealkylation sites (N-methyl/N-ethyl adjacent to an activating group) is 1. The van der Waals surface area contributed by atoms with Crippen molar-refractivity contribution in [3.63, 3.8) is 0 Å². The van der Waals surface area contributed by atoms with E-state index in [0.29, 0.717) is 6.42 Å². The standard InChI is InChI=1S/C19H23N3O/c1-21-12-13-22(15-18(21)17-7-3-2-4-8-17)19(23)10-9-16-6-5-11-20-14-16/h2-8,11,14,18H,9-10,12-13,15H2,1H3/t18-/m0/s1.